The van der Waals surface area contributed by atoms with E-state index in [9.17, 15) is 4.79 Å². The second kappa shape index (κ2) is 2.27. The maximum absolute atomic E-state index is 10.6. The van der Waals surface area contributed by atoms with Crippen molar-refractivity contribution in [2.45, 2.75) is 30.7 Å². The molecule has 0 heterocycles. The number of alkyl halides is 1. The Morgan fingerprint density at radius 3 is 2.67 bits per heavy atom. The van der Waals surface area contributed by atoms with E-state index in [2.05, 4.69) is 0 Å². The number of hydrogen-bond donors (Lipinski definition) is 1. The smallest absolute Gasteiger partial charge is 0.145 e. The third-order valence-electron chi connectivity index (χ3n) is 1.48. The zero-order valence-electron chi connectivity index (χ0n) is 5.06. The van der Waals surface area contributed by atoms with Crippen LogP contribution in [0, 0.1) is 0 Å². The molecule has 1 aliphatic rings. The van der Waals surface area contributed by atoms with Gasteiger partial charge in [0, 0.05) is 12.8 Å². The molecule has 1 N–H and O–H groups in total. The number of halogens is 1. The van der Waals surface area contributed by atoms with Crippen LogP contribution in [0.1, 0.15) is 25.7 Å². The van der Waals surface area contributed by atoms with Gasteiger partial charge in [-0.1, -0.05) is 11.6 Å². The fourth-order valence-electron chi connectivity index (χ4n) is 1.04. The molecule has 0 radical (unpaired) electrons. The van der Waals surface area contributed by atoms with Crippen molar-refractivity contribution in [3.05, 3.63) is 0 Å². The molecule has 0 aliphatic heterocycles. The quantitative estimate of drug-likeness (QED) is 0.522. The van der Waals surface area contributed by atoms with E-state index < -0.39 is 5.06 Å². The fraction of sp³-hybridized carbons (Fsp3) is 0.833. The second-order valence-corrected chi connectivity index (χ2v) is 3.19. The van der Waals surface area contributed by atoms with Gasteiger partial charge in [0.15, 0.2) is 0 Å². The highest BCUT2D eigenvalue weighted by Crippen LogP contribution is 2.28. The molecule has 0 aromatic carbocycles. The molecule has 0 bridgehead atoms. The normalized spacial score (nSPS) is 36.9. The van der Waals surface area contributed by atoms with Crippen LogP contribution in [-0.4, -0.2) is 16.0 Å². The zero-order chi connectivity index (χ0) is 6.91. The Kier molecular flexibility index (Phi) is 1.78. The molecule has 0 saturated heterocycles. The fourth-order valence-corrected chi connectivity index (χ4v) is 1.32. The number of carbonyl (C=O) groups excluding carboxylic acids is 1. The summed E-state index contributed by atoms with van der Waals surface area (Å²) in [6.45, 7) is 0. The summed E-state index contributed by atoms with van der Waals surface area (Å²) in [5.41, 5.74) is 0. The van der Waals surface area contributed by atoms with Gasteiger partial charge in [-0.15, -0.1) is 0 Å². The largest absolute Gasteiger partial charge is 0.375 e. The molecular weight excluding hydrogens is 140 g/mol. The summed E-state index contributed by atoms with van der Waals surface area (Å²) in [7, 11) is 0. The van der Waals surface area contributed by atoms with E-state index in [0.29, 0.717) is 12.8 Å². The third kappa shape index (κ3) is 1.95. The lowest BCUT2D eigenvalue weighted by Crippen LogP contribution is -2.28. The predicted molar refractivity (Wildman–Crippen MR) is 34.3 cm³/mol. The number of ketones is 1. The van der Waals surface area contributed by atoms with E-state index in [1.807, 2.05) is 0 Å². The lowest BCUT2D eigenvalue weighted by Gasteiger charge is -2.23. The van der Waals surface area contributed by atoms with Gasteiger partial charge in [-0.25, -0.2) is 0 Å². The van der Waals surface area contributed by atoms with Gasteiger partial charge in [0.05, 0.1) is 0 Å². The first-order valence-corrected chi connectivity index (χ1v) is 3.41. The highest BCUT2D eigenvalue weighted by Gasteiger charge is 2.30. The Labute approximate surface area is 58.8 Å². The van der Waals surface area contributed by atoms with E-state index in [1.165, 1.54) is 0 Å². The minimum absolute atomic E-state index is 0.0683. The van der Waals surface area contributed by atoms with E-state index in [1.54, 1.807) is 0 Å². The summed E-state index contributed by atoms with van der Waals surface area (Å²) in [6.07, 6.45) is 1.96. The van der Waals surface area contributed by atoms with Crippen molar-refractivity contribution in [1.29, 1.82) is 0 Å². The van der Waals surface area contributed by atoms with E-state index in [-0.39, 0.29) is 12.2 Å². The minimum atomic E-state index is -1.23. The Morgan fingerprint density at radius 1 is 1.67 bits per heavy atom. The summed E-state index contributed by atoms with van der Waals surface area (Å²) in [6, 6.07) is 0. The standard InChI is InChI=1S/C6H9ClO2/c7-6(9)3-1-2-5(8)4-6/h9H,1-4H2. The minimum Gasteiger partial charge on any atom is -0.375 e. The molecule has 1 fully saturated rings. The van der Waals surface area contributed by atoms with Crippen molar-refractivity contribution < 1.29 is 9.90 Å². The van der Waals surface area contributed by atoms with Crippen molar-refractivity contribution >= 4 is 17.4 Å². The third-order valence-corrected chi connectivity index (χ3v) is 1.81. The van der Waals surface area contributed by atoms with Crippen molar-refractivity contribution in [2.24, 2.45) is 0 Å². The molecule has 1 atom stereocenters. The number of carbonyl (C=O) groups is 1. The highest BCUT2D eigenvalue weighted by molar-refractivity contribution is 6.24. The second-order valence-electron chi connectivity index (χ2n) is 2.49. The molecule has 0 aromatic heterocycles. The van der Waals surface area contributed by atoms with Crippen LogP contribution < -0.4 is 0 Å². The van der Waals surface area contributed by atoms with Crippen LogP contribution >= 0.6 is 11.6 Å². The molecule has 3 heteroatoms. The number of aliphatic hydroxyl groups is 1. The number of rotatable bonds is 0. The molecule has 0 aromatic rings. The zero-order valence-corrected chi connectivity index (χ0v) is 5.82. The van der Waals surface area contributed by atoms with E-state index >= 15 is 0 Å². The van der Waals surface area contributed by atoms with Crippen molar-refractivity contribution in [3.63, 3.8) is 0 Å². The molecule has 1 rings (SSSR count). The SMILES string of the molecule is O=C1CCCC(O)(Cl)C1. The van der Waals surface area contributed by atoms with Gasteiger partial charge in [0.1, 0.15) is 10.8 Å². The van der Waals surface area contributed by atoms with Crippen LogP contribution in [0.2, 0.25) is 0 Å². The molecule has 1 aliphatic carbocycles. The van der Waals surface area contributed by atoms with Crippen LogP contribution in [0.4, 0.5) is 0 Å². The van der Waals surface area contributed by atoms with Crippen molar-refractivity contribution in [3.8, 4) is 0 Å². The number of Topliss-reactive ketones (excluding diaryl/α,β-unsaturated/α-hetero) is 1. The van der Waals surface area contributed by atoms with E-state index in [4.69, 9.17) is 16.7 Å². The van der Waals surface area contributed by atoms with Gasteiger partial charge in [-0.2, -0.15) is 0 Å². The van der Waals surface area contributed by atoms with Crippen LogP contribution in [0.5, 0.6) is 0 Å². The Morgan fingerprint density at radius 2 is 2.33 bits per heavy atom. The highest BCUT2D eigenvalue weighted by atomic mass is 35.5. The molecule has 9 heavy (non-hydrogen) atoms. The van der Waals surface area contributed by atoms with Gasteiger partial charge in [-0.3, -0.25) is 4.79 Å². The molecule has 1 unspecified atom stereocenters. The first kappa shape index (κ1) is 7.03. The molecule has 52 valence electrons. The maximum Gasteiger partial charge on any atom is 0.145 e. The van der Waals surface area contributed by atoms with Crippen molar-refractivity contribution in [1.82, 2.24) is 0 Å². The van der Waals surface area contributed by atoms with Gasteiger partial charge in [0.2, 0.25) is 0 Å². The topological polar surface area (TPSA) is 37.3 Å². The molecule has 2 nitrogen and oxygen atoms in total. The number of hydrogen-bond acceptors (Lipinski definition) is 2. The molecule has 1 saturated carbocycles. The summed E-state index contributed by atoms with van der Waals surface area (Å²) in [5.74, 6) is 0.0683. The Balaban J connectivity index is 2.51. The predicted octanol–water partition coefficient (Wildman–Crippen LogP) is 1.06. The Hall–Kier alpha value is -0.0800. The van der Waals surface area contributed by atoms with Crippen molar-refractivity contribution in [2.75, 3.05) is 0 Å². The van der Waals surface area contributed by atoms with Crippen LogP contribution in [0.3, 0.4) is 0 Å². The molecule has 0 amide bonds. The van der Waals surface area contributed by atoms with Gasteiger partial charge in [0.25, 0.3) is 0 Å². The summed E-state index contributed by atoms with van der Waals surface area (Å²) < 4.78 is 0. The van der Waals surface area contributed by atoms with Gasteiger partial charge < -0.3 is 5.11 Å². The summed E-state index contributed by atoms with van der Waals surface area (Å²) >= 11 is 5.50. The Bertz CT molecular complexity index is 131. The van der Waals surface area contributed by atoms with Gasteiger partial charge in [-0.05, 0) is 12.8 Å². The van der Waals surface area contributed by atoms with E-state index in [0.717, 1.165) is 6.42 Å². The summed E-state index contributed by atoms with van der Waals surface area (Å²) in [4.78, 5) is 10.6. The molecular formula is C6H9ClO2. The lowest BCUT2D eigenvalue weighted by atomic mass is 9.96. The van der Waals surface area contributed by atoms with Gasteiger partial charge >= 0.3 is 0 Å². The summed E-state index contributed by atoms with van der Waals surface area (Å²) in [5, 5.41) is 7.86. The van der Waals surface area contributed by atoms with Crippen LogP contribution in [0.15, 0.2) is 0 Å². The van der Waals surface area contributed by atoms with Crippen LogP contribution in [-0.2, 0) is 4.79 Å². The molecule has 0 spiro atoms. The average Bonchev–Trinajstić information content (AvgIpc) is 1.60. The monoisotopic (exact) mass is 148 g/mol. The lowest BCUT2D eigenvalue weighted by molar-refractivity contribution is -0.124. The first-order valence-electron chi connectivity index (χ1n) is 3.03. The van der Waals surface area contributed by atoms with Crippen LogP contribution in [0.25, 0.3) is 0 Å². The first-order chi connectivity index (χ1) is 4.10. The average molecular weight is 149 g/mol. The maximum atomic E-state index is 10.6.